The molecule has 8 heteroatoms. The fraction of sp³-hybridized carbons (Fsp3) is 0.500. The van der Waals surface area contributed by atoms with Crippen molar-refractivity contribution in [2.45, 2.75) is 25.9 Å². The van der Waals surface area contributed by atoms with Crippen LogP contribution in [0.2, 0.25) is 5.02 Å². The topological polar surface area (TPSA) is 101 Å². The first-order valence-electron chi connectivity index (χ1n) is 5.93. The predicted molar refractivity (Wildman–Crippen MR) is 71.5 cm³/mol. The minimum Gasteiger partial charge on any atom is -0.467 e. The highest BCUT2D eigenvalue weighted by atomic mass is 35.5. The normalized spacial score (nSPS) is 12.1. The van der Waals surface area contributed by atoms with Gasteiger partial charge in [-0.2, -0.15) is 0 Å². The van der Waals surface area contributed by atoms with Gasteiger partial charge in [-0.1, -0.05) is 25.4 Å². The Bertz CT molecular complexity index is 507. The Kier molecular flexibility index (Phi) is 5.84. The molecule has 1 unspecified atom stereocenters. The predicted octanol–water partition coefficient (Wildman–Crippen LogP) is 0.517. The number of halogens is 1. The van der Waals surface area contributed by atoms with Gasteiger partial charge in [0, 0.05) is 5.92 Å². The van der Waals surface area contributed by atoms with Gasteiger partial charge >= 0.3 is 5.97 Å². The summed E-state index contributed by atoms with van der Waals surface area (Å²) in [5, 5.41) is 11.8. The Morgan fingerprint density at radius 1 is 1.50 bits per heavy atom. The zero-order valence-electron chi connectivity index (χ0n) is 11.4. The van der Waals surface area contributed by atoms with Crippen LogP contribution < -0.4 is 5.32 Å². The van der Waals surface area contributed by atoms with Crippen molar-refractivity contribution in [1.82, 2.24) is 15.3 Å². The molecular formula is C12H16ClN3O4. The highest BCUT2D eigenvalue weighted by Crippen LogP contribution is 2.16. The Labute approximate surface area is 121 Å². The second-order valence-electron chi connectivity index (χ2n) is 4.33. The van der Waals surface area contributed by atoms with E-state index in [1.54, 1.807) is 0 Å². The summed E-state index contributed by atoms with van der Waals surface area (Å²) in [5.74, 6) is -0.906. The fourth-order valence-electron chi connectivity index (χ4n) is 1.31. The van der Waals surface area contributed by atoms with Gasteiger partial charge < -0.3 is 15.2 Å². The van der Waals surface area contributed by atoms with Gasteiger partial charge in [-0.15, -0.1) is 0 Å². The van der Waals surface area contributed by atoms with Gasteiger partial charge in [0.05, 0.1) is 24.9 Å². The number of methoxy groups -OCH3 is 1. The van der Waals surface area contributed by atoms with Crippen LogP contribution >= 0.6 is 11.6 Å². The Morgan fingerprint density at radius 2 is 2.15 bits per heavy atom. The average Bonchev–Trinajstić information content (AvgIpc) is 2.43. The minimum atomic E-state index is -1.44. The maximum atomic E-state index is 11.9. The molecule has 1 rings (SSSR count). The standard InChI is InChI=1S/C12H16ClN3O4/c1-6(2)10-14-4-7(13)9(16-10)11(18)15-5-8(17)12(19)20-3/h4,6,8,17H,5H2,1-3H3,(H,15,18). The smallest absolute Gasteiger partial charge is 0.336 e. The number of carbonyl (C=O) groups excluding carboxylic acids is 2. The molecule has 1 aromatic rings. The molecule has 1 atom stereocenters. The van der Waals surface area contributed by atoms with Crippen LogP contribution in [0.5, 0.6) is 0 Å². The lowest BCUT2D eigenvalue weighted by atomic mass is 10.2. The number of rotatable bonds is 5. The number of nitrogens with one attached hydrogen (secondary N) is 1. The number of ether oxygens (including phenoxy) is 1. The average molecular weight is 302 g/mol. The van der Waals surface area contributed by atoms with Crippen LogP contribution in [0.15, 0.2) is 6.20 Å². The maximum Gasteiger partial charge on any atom is 0.336 e. The summed E-state index contributed by atoms with van der Waals surface area (Å²) in [7, 11) is 1.14. The second-order valence-corrected chi connectivity index (χ2v) is 4.74. The molecular weight excluding hydrogens is 286 g/mol. The Balaban J connectivity index is 2.77. The molecule has 1 aromatic heterocycles. The Morgan fingerprint density at radius 3 is 2.70 bits per heavy atom. The second kappa shape index (κ2) is 7.16. The van der Waals surface area contributed by atoms with Crippen molar-refractivity contribution in [2.75, 3.05) is 13.7 Å². The number of aliphatic hydroxyl groups excluding tert-OH is 1. The number of hydrogen-bond acceptors (Lipinski definition) is 6. The van der Waals surface area contributed by atoms with E-state index in [1.807, 2.05) is 13.8 Å². The van der Waals surface area contributed by atoms with E-state index < -0.39 is 18.0 Å². The molecule has 0 aliphatic rings. The van der Waals surface area contributed by atoms with Crippen LogP contribution in [-0.2, 0) is 9.53 Å². The summed E-state index contributed by atoms with van der Waals surface area (Å²) < 4.78 is 4.33. The van der Waals surface area contributed by atoms with Crippen LogP contribution in [0, 0.1) is 0 Å². The van der Waals surface area contributed by atoms with E-state index in [9.17, 15) is 14.7 Å². The van der Waals surface area contributed by atoms with Crippen molar-refractivity contribution in [3.63, 3.8) is 0 Å². The largest absolute Gasteiger partial charge is 0.467 e. The van der Waals surface area contributed by atoms with E-state index in [1.165, 1.54) is 6.20 Å². The van der Waals surface area contributed by atoms with E-state index >= 15 is 0 Å². The van der Waals surface area contributed by atoms with Gasteiger partial charge in [0.25, 0.3) is 5.91 Å². The van der Waals surface area contributed by atoms with Crippen molar-refractivity contribution in [3.8, 4) is 0 Å². The summed E-state index contributed by atoms with van der Waals surface area (Å²) in [6.07, 6.45) is -0.0932. The zero-order chi connectivity index (χ0) is 15.3. The lowest BCUT2D eigenvalue weighted by Crippen LogP contribution is -2.37. The van der Waals surface area contributed by atoms with E-state index in [0.29, 0.717) is 5.82 Å². The van der Waals surface area contributed by atoms with Crippen molar-refractivity contribution in [1.29, 1.82) is 0 Å². The fourth-order valence-corrected chi connectivity index (χ4v) is 1.49. The highest BCUT2D eigenvalue weighted by molar-refractivity contribution is 6.33. The summed E-state index contributed by atoms with van der Waals surface area (Å²) in [5.41, 5.74) is 0.00225. The maximum absolute atomic E-state index is 11.9. The molecule has 20 heavy (non-hydrogen) atoms. The number of nitrogens with zero attached hydrogens (tertiary/aromatic N) is 2. The quantitative estimate of drug-likeness (QED) is 0.769. The van der Waals surface area contributed by atoms with Crippen LogP contribution in [0.3, 0.4) is 0 Å². The van der Waals surface area contributed by atoms with Gasteiger partial charge in [-0.3, -0.25) is 4.79 Å². The van der Waals surface area contributed by atoms with E-state index in [0.717, 1.165) is 7.11 Å². The number of aromatic nitrogens is 2. The molecule has 110 valence electrons. The molecule has 1 amide bonds. The Hall–Kier alpha value is -1.73. The van der Waals surface area contributed by atoms with Crippen molar-refractivity contribution < 1.29 is 19.4 Å². The molecule has 0 saturated heterocycles. The number of amides is 1. The molecule has 0 saturated carbocycles. The third-order valence-corrected chi connectivity index (χ3v) is 2.70. The number of esters is 1. The molecule has 0 aromatic carbocycles. The van der Waals surface area contributed by atoms with E-state index in [-0.39, 0.29) is 23.2 Å². The van der Waals surface area contributed by atoms with Gasteiger partial charge in [0.15, 0.2) is 6.10 Å². The SMILES string of the molecule is COC(=O)C(O)CNC(=O)c1nc(C(C)C)ncc1Cl. The summed E-state index contributed by atoms with van der Waals surface area (Å²) in [6, 6.07) is 0. The molecule has 7 nitrogen and oxygen atoms in total. The third-order valence-electron chi connectivity index (χ3n) is 2.42. The molecule has 0 radical (unpaired) electrons. The summed E-state index contributed by atoms with van der Waals surface area (Å²) in [4.78, 5) is 31.0. The van der Waals surface area contributed by atoms with E-state index in [2.05, 4.69) is 20.0 Å². The minimum absolute atomic E-state index is 0.00225. The van der Waals surface area contributed by atoms with Crippen molar-refractivity contribution in [3.05, 3.63) is 22.7 Å². The molecule has 0 bridgehead atoms. The van der Waals surface area contributed by atoms with Crippen LogP contribution in [0.25, 0.3) is 0 Å². The molecule has 0 aliphatic heterocycles. The molecule has 1 heterocycles. The van der Waals surface area contributed by atoms with Crippen LogP contribution in [-0.4, -0.2) is 46.7 Å². The monoisotopic (exact) mass is 301 g/mol. The zero-order valence-corrected chi connectivity index (χ0v) is 12.1. The van der Waals surface area contributed by atoms with Crippen molar-refractivity contribution >= 4 is 23.5 Å². The van der Waals surface area contributed by atoms with Crippen LogP contribution in [0.1, 0.15) is 36.1 Å². The number of aliphatic hydroxyl groups is 1. The van der Waals surface area contributed by atoms with Gasteiger partial charge in [0.2, 0.25) is 0 Å². The van der Waals surface area contributed by atoms with E-state index in [4.69, 9.17) is 11.6 Å². The van der Waals surface area contributed by atoms with Crippen molar-refractivity contribution in [2.24, 2.45) is 0 Å². The van der Waals surface area contributed by atoms with Gasteiger partial charge in [0.1, 0.15) is 11.5 Å². The summed E-state index contributed by atoms with van der Waals surface area (Å²) >= 11 is 5.86. The molecule has 0 spiro atoms. The summed E-state index contributed by atoms with van der Waals surface area (Å²) in [6.45, 7) is 3.47. The molecule has 2 N–H and O–H groups in total. The first kappa shape index (κ1) is 16.3. The van der Waals surface area contributed by atoms with Gasteiger partial charge in [-0.05, 0) is 0 Å². The number of carbonyl (C=O) groups is 2. The first-order valence-corrected chi connectivity index (χ1v) is 6.31. The lowest BCUT2D eigenvalue weighted by molar-refractivity contribution is -0.149. The molecule has 0 fully saturated rings. The molecule has 0 aliphatic carbocycles. The third kappa shape index (κ3) is 4.14. The first-order chi connectivity index (χ1) is 9.36. The number of hydrogen-bond donors (Lipinski definition) is 2. The highest BCUT2D eigenvalue weighted by Gasteiger charge is 2.19. The van der Waals surface area contributed by atoms with Crippen LogP contribution in [0.4, 0.5) is 0 Å². The van der Waals surface area contributed by atoms with Gasteiger partial charge in [-0.25, -0.2) is 14.8 Å². The lowest BCUT2D eigenvalue weighted by Gasteiger charge is -2.11.